The highest BCUT2D eigenvalue weighted by molar-refractivity contribution is 5.86. The van der Waals surface area contributed by atoms with Crippen LogP contribution in [0.3, 0.4) is 0 Å². The molecule has 8 nitrogen and oxygen atoms in total. The van der Waals surface area contributed by atoms with Gasteiger partial charge in [-0.3, -0.25) is 0 Å². The Morgan fingerprint density at radius 1 is 1.17 bits per heavy atom. The van der Waals surface area contributed by atoms with Gasteiger partial charge in [-0.15, -0.1) is 0 Å². The summed E-state index contributed by atoms with van der Waals surface area (Å²) >= 11 is 0. The van der Waals surface area contributed by atoms with Crippen LogP contribution in [-0.4, -0.2) is 40.4 Å². The number of H-pyrrole nitrogens is 1. The second kappa shape index (κ2) is 6.65. The van der Waals surface area contributed by atoms with Crippen LogP contribution < -0.4 is 15.2 Å². The summed E-state index contributed by atoms with van der Waals surface area (Å²) in [7, 11) is 2.81. The van der Waals surface area contributed by atoms with Gasteiger partial charge in [-0.05, 0) is 29.8 Å². The Hall–Kier alpha value is -3.29. The number of hydrogen-bond acceptors (Lipinski definition) is 6. The molecule has 0 amide bonds. The molecule has 0 aliphatic rings. The van der Waals surface area contributed by atoms with E-state index in [2.05, 4.69) is 9.97 Å². The van der Waals surface area contributed by atoms with E-state index in [9.17, 15) is 14.7 Å². The quantitative estimate of drug-likeness (QED) is 0.760. The minimum atomic E-state index is -1.29. The molecule has 3 N–H and O–H groups in total. The smallest absolute Gasteiger partial charge is 0.354 e. The van der Waals surface area contributed by atoms with Crippen molar-refractivity contribution >= 4 is 18.1 Å². The van der Waals surface area contributed by atoms with Crippen LogP contribution in [0.2, 0.25) is 0 Å². The second-order valence-electron chi connectivity index (χ2n) is 4.44. The van der Waals surface area contributed by atoms with Gasteiger partial charge in [-0.25, -0.2) is 9.59 Å². The molecule has 8 heteroatoms. The molecule has 0 bridgehead atoms. The largest absolute Gasteiger partial charge is 0.502 e. The Labute approximate surface area is 130 Å². The summed E-state index contributed by atoms with van der Waals surface area (Å²) in [4.78, 5) is 28.0. The number of phenolic OH excluding ortho intramolecular Hbond substituents is 1. The molecule has 0 atom stereocenters. The molecule has 1 aromatic carbocycles. The van der Waals surface area contributed by atoms with E-state index in [-0.39, 0.29) is 28.6 Å². The van der Waals surface area contributed by atoms with E-state index in [4.69, 9.17) is 14.6 Å². The van der Waals surface area contributed by atoms with Crippen LogP contribution in [0.25, 0.3) is 12.2 Å². The number of benzene rings is 1. The fraction of sp³-hybridized carbons (Fsp3) is 0.133. The fourth-order valence-electron chi connectivity index (χ4n) is 1.87. The predicted molar refractivity (Wildman–Crippen MR) is 82.0 cm³/mol. The molecule has 1 aromatic heterocycles. The molecule has 2 aromatic rings. The van der Waals surface area contributed by atoms with Crippen molar-refractivity contribution in [2.24, 2.45) is 0 Å². The van der Waals surface area contributed by atoms with Crippen molar-refractivity contribution in [1.82, 2.24) is 9.97 Å². The number of aromatic amines is 1. The highest BCUT2D eigenvalue weighted by Gasteiger charge is 2.10. The Bertz CT molecular complexity index is 800. The summed E-state index contributed by atoms with van der Waals surface area (Å²) in [5.41, 5.74) is -0.223. The van der Waals surface area contributed by atoms with E-state index >= 15 is 0 Å². The van der Waals surface area contributed by atoms with E-state index in [1.807, 2.05) is 0 Å². The average Bonchev–Trinajstić information content (AvgIpc) is 2.53. The molecule has 23 heavy (non-hydrogen) atoms. The maximum Gasteiger partial charge on any atom is 0.354 e. The van der Waals surface area contributed by atoms with Crippen LogP contribution in [0.1, 0.15) is 21.7 Å². The number of ether oxygens (including phenoxy) is 2. The van der Waals surface area contributed by atoms with Crippen molar-refractivity contribution in [1.29, 1.82) is 0 Å². The first-order chi connectivity index (χ1) is 10.9. The zero-order chi connectivity index (χ0) is 17.0. The molecule has 0 saturated carbocycles. The van der Waals surface area contributed by atoms with Crippen LogP contribution in [0, 0.1) is 0 Å². The van der Waals surface area contributed by atoms with Crippen molar-refractivity contribution in [3.63, 3.8) is 0 Å². The van der Waals surface area contributed by atoms with Gasteiger partial charge in [0.2, 0.25) is 5.75 Å². The lowest BCUT2D eigenvalue weighted by atomic mass is 10.1. The molecular weight excluding hydrogens is 304 g/mol. The molecule has 0 saturated heterocycles. The van der Waals surface area contributed by atoms with E-state index in [1.54, 1.807) is 18.2 Å². The summed E-state index contributed by atoms with van der Waals surface area (Å²) in [5, 5.41) is 18.7. The standard InChI is InChI=1S/C15H14N2O6/c1-22-11-5-8(6-12(23-2)13(11)18)3-4-9-7-10(14(19)20)17-15(21)16-9/h3-7,18H,1-2H3,(H,19,20)(H,16,17,21)/b4-3+. The van der Waals surface area contributed by atoms with Gasteiger partial charge in [0, 0.05) is 5.69 Å². The summed E-state index contributed by atoms with van der Waals surface area (Å²) < 4.78 is 10.1. The van der Waals surface area contributed by atoms with Gasteiger partial charge >= 0.3 is 11.7 Å². The van der Waals surface area contributed by atoms with Gasteiger partial charge in [0.05, 0.1) is 14.2 Å². The van der Waals surface area contributed by atoms with Crippen LogP contribution >= 0.6 is 0 Å². The normalized spacial score (nSPS) is 10.7. The van der Waals surface area contributed by atoms with Crippen molar-refractivity contribution in [3.8, 4) is 17.2 Å². The number of nitrogens with one attached hydrogen (secondary N) is 1. The van der Waals surface area contributed by atoms with Gasteiger partial charge in [-0.2, -0.15) is 4.98 Å². The Kier molecular flexibility index (Phi) is 4.65. The maximum absolute atomic E-state index is 11.3. The zero-order valence-electron chi connectivity index (χ0n) is 12.4. The summed E-state index contributed by atoms with van der Waals surface area (Å²) in [6.07, 6.45) is 3.10. The van der Waals surface area contributed by atoms with E-state index in [0.717, 1.165) is 0 Å². The van der Waals surface area contributed by atoms with Crippen LogP contribution in [-0.2, 0) is 0 Å². The van der Waals surface area contributed by atoms with Gasteiger partial charge in [0.1, 0.15) is 0 Å². The lowest BCUT2D eigenvalue weighted by Gasteiger charge is -2.09. The highest BCUT2D eigenvalue weighted by Crippen LogP contribution is 2.37. The number of carbonyl (C=O) groups is 1. The first kappa shape index (κ1) is 16.1. The Morgan fingerprint density at radius 3 is 2.30 bits per heavy atom. The number of aromatic nitrogens is 2. The molecule has 0 radical (unpaired) electrons. The SMILES string of the molecule is COc1cc(/C=C/c2cc(C(=O)O)nc(=O)[nH]2)cc(OC)c1O. The van der Waals surface area contributed by atoms with Crippen molar-refractivity contribution in [3.05, 3.63) is 45.6 Å². The van der Waals surface area contributed by atoms with Gasteiger partial charge in [0.25, 0.3) is 0 Å². The third-order valence-corrected chi connectivity index (χ3v) is 2.94. The van der Waals surface area contributed by atoms with Crippen LogP contribution in [0.15, 0.2) is 23.0 Å². The maximum atomic E-state index is 11.3. The molecule has 1 heterocycles. The molecule has 0 aliphatic heterocycles. The molecule has 0 aliphatic carbocycles. The number of phenols is 1. The number of rotatable bonds is 5. The third-order valence-electron chi connectivity index (χ3n) is 2.94. The Balaban J connectivity index is 2.41. The van der Waals surface area contributed by atoms with Crippen molar-refractivity contribution < 1.29 is 24.5 Å². The summed E-state index contributed by atoms with van der Waals surface area (Å²) in [6.45, 7) is 0. The molecule has 2 rings (SSSR count). The van der Waals surface area contributed by atoms with E-state index in [0.29, 0.717) is 5.56 Å². The van der Waals surface area contributed by atoms with Gasteiger partial charge in [0.15, 0.2) is 17.2 Å². The predicted octanol–water partition coefficient (Wildman–Crippen LogP) is 1.36. The number of methoxy groups -OCH3 is 2. The van der Waals surface area contributed by atoms with E-state index in [1.165, 1.54) is 26.4 Å². The van der Waals surface area contributed by atoms with Gasteiger partial charge in [-0.1, -0.05) is 6.08 Å². The summed E-state index contributed by atoms with van der Waals surface area (Å²) in [6, 6.07) is 4.35. The number of carboxylic acids is 1. The van der Waals surface area contributed by atoms with Crippen LogP contribution in [0.4, 0.5) is 0 Å². The molecular formula is C15H14N2O6. The molecule has 0 spiro atoms. The first-order valence-electron chi connectivity index (χ1n) is 6.42. The topological polar surface area (TPSA) is 122 Å². The van der Waals surface area contributed by atoms with Crippen molar-refractivity contribution in [2.75, 3.05) is 14.2 Å². The minimum absolute atomic E-state index is 0.127. The molecule has 0 unspecified atom stereocenters. The highest BCUT2D eigenvalue weighted by atomic mass is 16.5. The van der Waals surface area contributed by atoms with Crippen LogP contribution in [0.5, 0.6) is 17.2 Å². The average molecular weight is 318 g/mol. The lowest BCUT2D eigenvalue weighted by molar-refractivity contribution is 0.0690. The number of aromatic hydroxyl groups is 1. The van der Waals surface area contributed by atoms with Crippen molar-refractivity contribution in [2.45, 2.75) is 0 Å². The third kappa shape index (κ3) is 3.67. The second-order valence-corrected chi connectivity index (χ2v) is 4.44. The number of hydrogen-bond donors (Lipinski definition) is 3. The van der Waals surface area contributed by atoms with Gasteiger partial charge < -0.3 is 24.7 Å². The zero-order valence-corrected chi connectivity index (χ0v) is 12.4. The number of carboxylic acid groups (broad SMARTS) is 1. The Morgan fingerprint density at radius 2 is 1.78 bits per heavy atom. The minimum Gasteiger partial charge on any atom is -0.502 e. The number of nitrogens with zero attached hydrogens (tertiary/aromatic N) is 1. The van der Waals surface area contributed by atoms with E-state index < -0.39 is 11.7 Å². The number of aromatic carboxylic acids is 1. The lowest BCUT2D eigenvalue weighted by Crippen LogP contribution is -2.16. The summed E-state index contributed by atoms with van der Waals surface area (Å²) in [5.74, 6) is -0.978. The molecule has 120 valence electrons. The first-order valence-corrected chi connectivity index (χ1v) is 6.42. The molecule has 0 fully saturated rings. The fourth-order valence-corrected chi connectivity index (χ4v) is 1.87. The monoisotopic (exact) mass is 318 g/mol.